The lowest BCUT2D eigenvalue weighted by Crippen LogP contribution is -2.61. The van der Waals surface area contributed by atoms with Crippen molar-refractivity contribution >= 4 is 28.9 Å². The van der Waals surface area contributed by atoms with Crippen LogP contribution in [0.25, 0.3) is 0 Å². The molecular weight excluding hydrogens is 467 g/mol. The van der Waals surface area contributed by atoms with Gasteiger partial charge in [0.05, 0.1) is 30.3 Å². The van der Waals surface area contributed by atoms with Crippen LogP contribution < -0.4 is 19.9 Å². The number of alkyl halides is 3. The Kier molecular flexibility index (Phi) is 6.90. The molecule has 2 aliphatic rings. The van der Waals surface area contributed by atoms with Crippen LogP contribution in [-0.4, -0.2) is 44.7 Å². The van der Waals surface area contributed by atoms with Crippen molar-refractivity contribution in [3.05, 3.63) is 52.5 Å². The lowest BCUT2D eigenvalue weighted by Gasteiger charge is -2.50. The van der Waals surface area contributed by atoms with Gasteiger partial charge in [-0.15, -0.1) is 0 Å². The monoisotopic (exact) mass is 495 g/mol. The van der Waals surface area contributed by atoms with E-state index in [2.05, 4.69) is 15.1 Å². The van der Waals surface area contributed by atoms with E-state index in [0.29, 0.717) is 36.0 Å². The number of methoxy groups -OCH3 is 1. The van der Waals surface area contributed by atoms with Crippen LogP contribution in [0.15, 0.2) is 36.4 Å². The topological polar surface area (TPSA) is 44.8 Å². The summed E-state index contributed by atoms with van der Waals surface area (Å²) in [4.78, 5) is 17.5. The zero-order chi connectivity index (χ0) is 24.6. The normalized spacial score (nSPS) is 20.9. The van der Waals surface area contributed by atoms with Gasteiger partial charge in [-0.2, -0.15) is 13.2 Å². The van der Waals surface area contributed by atoms with Crippen LogP contribution in [0.5, 0.6) is 5.75 Å². The molecule has 0 radical (unpaired) electrons. The van der Waals surface area contributed by atoms with Gasteiger partial charge < -0.3 is 19.9 Å². The number of hydrogen-bond donors (Lipinski definition) is 1. The number of carbonyl (C=O) groups is 1. The van der Waals surface area contributed by atoms with Crippen LogP contribution in [0.1, 0.15) is 31.4 Å². The number of benzene rings is 2. The Hall–Kier alpha value is -2.61. The minimum absolute atomic E-state index is 0.0171. The Bertz CT molecular complexity index is 1060. The number of anilines is 2. The number of rotatable bonds is 5. The van der Waals surface area contributed by atoms with Crippen LogP contribution in [0.4, 0.5) is 24.5 Å². The summed E-state index contributed by atoms with van der Waals surface area (Å²) < 4.78 is 45.7. The zero-order valence-electron chi connectivity index (χ0n) is 19.5. The zero-order valence-corrected chi connectivity index (χ0v) is 20.2. The van der Waals surface area contributed by atoms with Gasteiger partial charge in [-0.05, 0) is 61.7 Å². The maximum absolute atomic E-state index is 13.4. The summed E-state index contributed by atoms with van der Waals surface area (Å²) in [6.45, 7) is 5.62. The molecule has 1 amide bonds. The second-order valence-electron chi connectivity index (χ2n) is 8.99. The number of halogens is 4. The Labute approximate surface area is 202 Å². The van der Waals surface area contributed by atoms with Gasteiger partial charge in [-0.1, -0.05) is 18.5 Å². The third-order valence-corrected chi connectivity index (χ3v) is 7.09. The molecule has 5 nitrogen and oxygen atoms in total. The van der Waals surface area contributed by atoms with Gasteiger partial charge in [-0.3, -0.25) is 4.79 Å². The van der Waals surface area contributed by atoms with E-state index in [1.165, 1.54) is 6.07 Å². The average Bonchev–Trinajstić information content (AvgIpc) is 2.81. The summed E-state index contributed by atoms with van der Waals surface area (Å²) in [6.07, 6.45) is -3.40. The van der Waals surface area contributed by atoms with Crippen LogP contribution in [-0.2, 0) is 17.4 Å². The quantitative estimate of drug-likeness (QED) is 0.623. The molecule has 2 heterocycles. The lowest BCUT2D eigenvalue weighted by molar-refractivity contribution is -0.137. The molecular formula is C25H29ClF3N3O2. The summed E-state index contributed by atoms with van der Waals surface area (Å²) in [7, 11) is 1.60. The van der Waals surface area contributed by atoms with Crippen molar-refractivity contribution in [2.45, 2.75) is 44.9 Å². The fourth-order valence-corrected chi connectivity index (χ4v) is 5.05. The van der Waals surface area contributed by atoms with E-state index in [9.17, 15) is 18.0 Å². The highest BCUT2D eigenvalue weighted by Crippen LogP contribution is 2.41. The summed E-state index contributed by atoms with van der Waals surface area (Å²) in [5, 5.41) is 3.62. The van der Waals surface area contributed by atoms with Crippen molar-refractivity contribution in [1.29, 1.82) is 0 Å². The molecule has 0 aliphatic carbocycles. The van der Waals surface area contributed by atoms with Crippen molar-refractivity contribution < 1.29 is 22.7 Å². The predicted octanol–water partition coefficient (Wildman–Crippen LogP) is 5.15. The third-order valence-electron chi connectivity index (χ3n) is 6.86. The maximum atomic E-state index is 13.4. The smallest absolute Gasteiger partial charge is 0.416 e. The molecule has 2 aromatic rings. The van der Waals surface area contributed by atoms with Gasteiger partial charge in [0, 0.05) is 36.4 Å². The Morgan fingerprint density at radius 2 is 1.97 bits per heavy atom. The highest BCUT2D eigenvalue weighted by Gasteiger charge is 2.43. The number of carbonyl (C=O) groups excluding carboxylic acids is 1. The fraction of sp³-hybridized carbons (Fsp3) is 0.480. The van der Waals surface area contributed by atoms with Gasteiger partial charge in [0.25, 0.3) is 0 Å². The predicted molar refractivity (Wildman–Crippen MR) is 128 cm³/mol. The minimum atomic E-state index is -4.43. The fourth-order valence-electron chi connectivity index (χ4n) is 4.88. The van der Waals surface area contributed by atoms with Crippen molar-refractivity contribution in [2.24, 2.45) is 5.92 Å². The third kappa shape index (κ3) is 4.78. The first-order valence-electron chi connectivity index (χ1n) is 11.5. The molecule has 4 rings (SSSR count). The number of nitrogens with zero attached hydrogens (tertiary/aromatic N) is 2. The summed E-state index contributed by atoms with van der Waals surface area (Å²) in [5.41, 5.74) is 1.48. The molecule has 2 aromatic carbocycles. The second-order valence-corrected chi connectivity index (χ2v) is 9.43. The molecule has 1 saturated heterocycles. The number of fused-ring (bicyclic) bond motifs is 3. The van der Waals surface area contributed by atoms with E-state index in [1.54, 1.807) is 19.2 Å². The minimum Gasteiger partial charge on any atom is -0.495 e. The standard InChI is InChI=1S/C25H29ClF3N3O2/c1-4-15(2)30-24(33)19-12-16-11-17(25(27,28)29)5-7-20(16)32-10-9-31(14-22(19)32)21-13-18(26)6-8-23(21)34-3/h5-8,11,13,15,19,22H,4,9-10,12,14H2,1-3H3,(H,30,33). The summed E-state index contributed by atoms with van der Waals surface area (Å²) in [6, 6.07) is 9.06. The van der Waals surface area contributed by atoms with Gasteiger partial charge in [0.1, 0.15) is 5.75 Å². The van der Waals surface area contributed by atoms with E-state index >= 15 is 0 Å². The van der Waals surface area contributed by atoms with E-state index in [4.69, 9.17) is 16.3 Å². The van der Waals surface area contributed by atoms with Gasteiger partial charge in [0.2, 0.25) is 5.91 Å². The molecule has 1 fully saturated rings. The first kappa shape index (κ1) is 24.5. The van der Waals surface area contributed by atoms with Crippen molar-refractivity contribution in [2.75, 3.05) is 36.5 Å². The lowest BCUT2D eigenvalue weighted by atomic mass is 9.82. The van der Waals surface area contributed by atoms with E-state index in [1.807, 2.05) is 26.0 Å². The van der Waals surface area contributed by atoms with Crippen molar-refractivity contribution in [3.8, 4) is 5.75 Å². The second kappa shape index (κ2) is 9.56. The summed E-state index contributed by atoms with van der Waals surface area (Å²) in [5.74, 6) is 0.0646. The number of nitrogens with one attached hydrogen (secondary N) is 1. The number of piperazine rings is 1. The molecule has 0 saturated carbocycles. The number of ether oxygens (including phenoxy) is 1. The number of amides is 1. The highest BCUT2D eigenvalue weighted by atomic mass is 35.5. The van der Waals surface area contributed by atoms with Crippen molar-refractivity contribution in [1.82, 2.24) is 5.32 Å². The SMILES string of the molecule is CCC(C)NC(=O)C1Cc2cc(C(F)(F)F)ccc2N2CCN(c3cc(Cl)ccc3OC)CC12. The molecule has 0 spiro atoms. The molecule has 1 N–H and O–H groups in total. The summed E-state index contributed by atoms with van der Waals surface area (Å²) >= 11 is 6.25. The Morgan fingerprint density at radius 3 is 2.65 bits per heavy atom. The first-order valence-corrected chi connectivity index (χ1v) is 11.9. The van der Waals surface area contributed by atoms with E-state index in [-0.39, 0.29) is 24.4 Å². The van der Waals surface area contributed by atoms with Gasteiger partial charge in [-0.25, -0.2) is 0 Å². The molecule has 0 aromatic heterocycles. The molecule has 3 atom stereocenters. The first-order chi connectivity index (χ1) is 16.1. The average molecular weight is 496 g/mol. The molecule has 9 heteroatoms. The molecule has 34 heavy (non-hydrogen) atoms. The largest absolute Gasteiger partial charge is 0.495 e. The molecule has 184 valence electrons. The van der Waals surface area contributed by atoms with Gasteiger partial charge >= 0.3 is 6.18 Å². The van der Waals surface area contributed by atoms with Crippen LogP contribution in [0, 0.1) is 5.92 Å². The van der Waals surface area contributed by atoms with E-state index in [0.717, 1.165) is 23.9 Å². The molecule has 2 aliphatic heterocycles. The maximum Gasteiger partial charge on any atom is 0.416 e. The molecule has 0 bridgehead atoms. The van der Waals surface area contributed by atoms with Crippen molar-refractivity contribution in [3.63, 3.8) is 0 Å². The highest BCUT2D eigenvalue weighted by molar-refractivity contribution is 6.31. The molecule has 3 unspecified atom stereocenters. The van der Waals surface area contributed by atoms with Crippen LogP contribution in [0.2, 0.25) is 5.02 Å². The van der Waals surface area contributed by atoms with Crippen LogP contribution >= 0.6 is 11.6 Å². The van der Waals surface area contributed by atoms with Crippen LogP contribution in [0.3, 0.4) is 0 Å². The van der Waals surface area contributed by atoms with E-state index < -0.39 is 17.7 Å². The Balaban J connectivity index is 1.71. The Morgan fingerprint density at radius 1 is 1.21 bits per heavy atom. The number of hydrogen-bond acceptors (Lipinski definition) is 4. The van der Waals surface area contributed by atoms with Gasteiger partial charge in [0.15, 0.2) is 0 Å².